The van der Waals surface area contributed by atoms with Gasteiger partial charge < -0.3 is 9.64 Å². The zero-order valence-corrected chi connectivity index (χ0v) is 14.3. The van der Waals surface area contributed by atoms with E-state index < -0.39 is 0 Å². The van der Waals surface area contributed by atoms with Gasteiger partial charge in [0.25, 0.3) is 5.91 Å². The van der Waals surface area contributed by atoms with Gasteiger partial charge in [0.2, 0.25) is 0 Å². The van der Waals surface area contributed by atoms with Crippen LogP contribution in [0.25, 0.3) is 0 Å². The molecule has 0 atom stereocenters. The monoisotopic (exact) mass is 315 g/mol. The summed E-state index contributed by atoms with van der Waals surface area (Å²) in [4.78, 5) is 14.6. The number of hydrogen-bond donors (Lipinski definition) is 0. The van der Waals surface area contributed by atoms with Gasteiger partial charge in [0.05, 0.1) is 6.10 Å². The Morgan fingerprint density at radius 1 is 1.04 bits per heavy atom. The maximum absolute atomic E-state index is 12.6. The smallest absolute Gasteiger partial charge is 0.253 e. The molecule has 0 unspecified atom stereocenters. The highest BCUT2D eigenvalue weighted by atomic mass is 16.5. The highest BCUT2D eigenvalue weighted by Gasteiger charge is 2.24. The van der Waals surface area contributed by atoms with E-state index in [1.165, 1.54) is 37.7 Å². The van der Waals surface area contributed by atoms with Crippen molar-refractivity contribution in [1.29, 1.82) is 0 Å². The van der Waals surface area contributed by atoms with Crippen LogP contribution in [0.15, 0.2) is 24.3 Å². The second-order valence-corrected chi connectivity index (χ2v) is 6.90. The molecule has 23 heavy (non-hydrogen) atoms. The Balaban J connectivity index is 1.57. The molecule has 1 aliphatic heterocycles. The van der Waals surface area contributed by atoms with E-state index in [4.69, 9.17) is 4.74 Å². The van der Waals surface area contributed by atoms with Gasteiger partial charge in [0, 0.05) is 25.3 Å². The summed E-state index contributed by atoms with van der Waals surface area (Å²) in [5, 5.41) is 0. The second kappa shape index (κ2) is 7.96. The molecular formula is C20H29NO2. The highest BCUT2D eigenvalue weighted by Crippen LogP contribution is 2.32. The molecule has 2 fully saturated rings. The van der Waals surface area contributed by atoms with Crippen molar-refractivity contribution in [2.45, 2.75) is 63.9 Å². The van der Waals surface area contributed by atoms with E-state index in [2.05, 4.69) is 12.1 Å². The summed E-state index contributed by atoms with van der Waals surface area (Å²) in [5.74, 6) is 0.880. The van der Waals surface area contributed by atoms with Gasteiger partial charge in [-0.25, -0.2) is 0 Å². The molecular weight excluding hydrogens is 286 g/mol. The molecule has 1 saturated heterocycles. The van der Waals surface area contributed by atoms with Crippen molar-refractivity contribution >= 4 is 5.91 Å². The van der Waals surface area contributed by atoms with Crippen LogP contribution < -0.4 is 0 Å². The third-order valence-corrected chi connectivity index (χ3v) is 5.37. The Labute approximate surface area is 140 Å². The molecule has 0 radical (unpaired) electrons. The lowest BCUT2D eigenvalue weighted by Gasteiger charge is -2.32. The largest absolute Gasteiger partial charge is 0.378 e. The minimum atomic E-state index is 0.176. The first-order valence-corrected chi connectivity index (χ1v) is 9.28. The molecule has 0 aromatic heterocycles. The number of hydrogen-bond acceptors (Lipinski definition) is 2. The predicted octanol–water partition coefficient (Wildman–Crippen LogP) is 4.38. The van der Waals surface area contributed by atoms with Crippen LogP contribution in [-0.4, -0.2) is 36.6 Å². The van der Waals surface area contributed by atoms with Gasteiger partial charge in [-0.2, -0.15) is 0 Å². The molecule has 0 bridgehead atoms. The fraction of sp³-hybridized carbons (Fsp3) is 0.650. The number of carbonyl (C=O) groups excluding carboxylic acids is 1. The topological polar surface area (TPSA) is 29.5 Å². The number of carbonyl (C=O) groups is 1. The van der Waals surface area contributed by atoms with Crippen molar-refractivity contribution < 1.29 is 9.53 Å². The second-order valence-electron chi connectivity index (χ2n) is 6.90. The molecule has 126 valence electrons. The molecule has 2 aliphatic rings. The molecule has 3 rings (SSSR count). The lowest BCUT2D eigenvalue weighted by atomic mass is 9.84. The van der Waals surface area contributed by atoms with Crippen molar-refractivity contribution in [3.05, 3.63) is 35.4 Å². The molecule has 0 N–H and O–H groups in total. The minimum absolute atomic E-state index is 0.176. The fourth-order valence-electron chi connectivity index (χ4n) is 3.98. The summed E-state index contributed by atoms with van der Waals surface area (Å²) >= 11 is 0. The maximum Gasteiger partial charge on any atom is 0.253 e. The van der Waals surface area contributed by atoms with Crippen LogP contribution in [0.4, 0.5) is 0 Å². The number of rotatable bonds is 4. The van der Waals surface area contributed by atoms with Crippen LogP contribution in [0.1, 0.15) is 73.7 Å². The summed E-state index contributed by atoms with van der Waals surface area (Å²) in [6, 6.07) is 8.41. The average molecular weight is 315 g/mol. The van der Waals surface area contributed by atoms with Crippen molar-refractivity contribution in [1.82, 2.24) is 4.90 Å². The molecule has 1 amide bonds. The molecule has 0 spiro atoms. The van der Waals surface area contributed by atoms with Gasteiger partial charge in [-0.3, -0.25) is 4.79 Å². The van der Waals surface area contributed by atoms with E-state index in [-0.39, 0.29) is 5.91 Å². The number of ether oxygens (including phenoxy) is 1. The normalized spacial score (nSPS) is 20.7. The van der Waals surface area contributed by atoms with Crippen LogP contribution in [0.3, 0.4) is 0 Å². The Morgan fingerprint density at radius 3 is 2.30 bits per heavy atom. The van der Waals surface area contributed by atoms with Gasteiger partial charge in [0.15, 0.2) is 0 Å². The van der Waals surface area contributed by atoms with E-state index >= 15 is 0 Å². The average Bonchev–Trinajstić information content (AvgIpc) is 2.63. The highest BCUT2D eigenvalue weighted by molar-refractivity contribution is 5.94. The Hall–Kier alpha value is -1.35. The number of likely N-dealkylation sites (tertiary alicyclic amines) is 1. The summed E-state index contributed by atoms with van der Waals surface area (Å²) in [6.07, 6.45) is 8.93. The lowest BCUT2D eigenvalue weighted by Crippen LogP contribution is -2.40. The lowest BCUT2D eigenvalue weighted by molar-refractivity contribution is 0.0146. The SMILES string of the molecule is CCOC1CCN(C(=O)c2ccc(C3CCCCC3)cc2)CC1. The number of nitrogens with zero attached hydrogens (tertiary/aromatic N) is 1. The Kier molecular flexibility index (Phi) is 5.71. The van der Waals surface area contributed by atoms with Gasteiger partial charge in [-0.1, -0.05) is 31.4 Å². The van der Waals surface area contributed by atoms with Gasteiger partial charge >= 0.3 is 0 Å². The van der Waals surface area contributed by atoms with E-state index in [1.54, 1.807) is 0 Å². The minimum Gasteiger partial charge on any atom is -0.378 e. The maximum atomic E-state index is 12.6. The van der Waals surface area contributed by atoms with Crippen molar-refractivity contribution in [3.63, 3.8) is 0 Å². The summed E-state index contributed by atoms with van der Waals surface area (Å²) in [5.41, 5.74) is 2.25. The summed E-state index contributed by atoms with van der Waals surface area (Å²) in [7, 11) is 0. The first-order valence-electron chi connectivity index (χ1n) is 9.28. The molecule has 3 nitrogen and oxygen atoms in total. The Bertz CT molecular complexity index is 497. The Morgan fingerprint density at radius 2 is 1.70 bits per heavy atom. The standard InChI is InChI=1S/C20H29NO2/c1-2-23-19-12-14-21(15-13-19)20(22)18-10-8-17(9-11-18)16-6-4-3-5-7-16/h8-11,16,19H,2-7,12-15H2,1H3. The van der Waals surface area contributed by atoms with Crippen LogP contribution >= 0.6 is 0 Å². The van der Waals surface area contributed by atoms with Gasteiger partial charge in [-0.15, -0.1) is 0 Å². The van der Waals surface area contributed by atoms with E-state index in [0.717, 1.165) is 38.1 Å². The summed E-state index contributed by atoms with van der Waals surface area (Å²) < 4.78 is 5.66. The summed E-state index contributed by atoms with van der Waals surface area (Å²) in [6.45, 7) is 4.42. The van der Waals surface area contributed by atoms with Gasteiger partial charge in [-0.05, 0) is 56.2 Å². The molecule has 1 aromatic carbocycles. The third kappa shape index (κ3) is 4.14. The van der Waals surface area contributed by atoms with Crippen LogP contribution in [0.2, 0.25) is 0 Å². The van der Waals surface area contributed by atoms with Crippen LogP contribution in [0.5, 0.6) is 0 Å². The van der Waals surface area contributed by atoms with Crippen molar-refractivity contribution in [2.24, 2.45) is 0 Å². The van der Waals surface area contributed by atoms with Crippen molar-refractivity contribution in [2.75, 3.05) is 19.7 Å². The first-order chi connectivity index (χ1) is 11.3. The van der Waals surface area contributed by atoms with Crippen molar-refractivity contribution in [3.8, 4) is 0 Å². The van der Waals surface area contributed by atoms with E-state index in [1.807, 2.05) is 24.0 Å². The predicted molar refractivity (Wildman–Crippen MR) is 92.8 cm³/mol. The van der Waals surface area contributed by atoms with Crippen LogP contribution in [-0.2, 0) is 4.74 Å². The molecule has 1 heterocycles. The number of piperidine rings is 1. The zero-order valence-electron chi connectivity index (χ0n) is 14.3. The van der Waals surface area contributed by atoms with E-state index in [0.29, 0.717) is 12.0 Å². The molecule has 1 aliphatic carbocycles. The zero-order chi connectivity index (χ0) is 16.1. The first kappa shape index (κ1) is 16.5. The number of benzene rings is 1. The fourth-order valence-corrected chi connectivity index (χ4v) is 3.98. The molecule has 3 heteroatoms. The number of amides is 1. The van der Waals surface area contributed by atoms with E-state index in [9.17, 15) is 4.79 Å². The van der Waals surface area contributed by atoms with Crippen LogP contribution in [0, 0.1) is 0 Å². The van der Waals surface area contributed by atoms with Gasteiger partial charge in [0.1, 0.15) is 0 Å². The third-order valence-electron chi connectivity index (χ3n) is 5.37. The quantitative estimate of drug-likeness (QED) is 0.825. The molecule has 1 saturated carbocycles. The molecule has 1 aromatic rings.